The summed E-state index contributed by atoms with van der Waals surface area (Å²) in [5.41, 5.74) is 0.554. The van der Waals surface area contributed by atoms with E-state index < -0.39 is 24.1 Å². The molecule has 2 amide bonds. The number of rotatable bonds is 8. The molecule has 2 rings (SSSR count). The van der Waals surface area contributed by atoms with E-state index in [1.54, 1.807) is 12.1 Å². The molecule has 9 heteroatoms. The van der Waals surface area contributed by atoms with E-state index in [-0.39, 0.29) is 30.0 Å². The largest absolute Gasteiger partial charge is 0.573 e. The van der Waals surface area contributed by atoms with Crippen LogP contribution in [0.4, 0.5) is 23.7 Å². The third kappa shape index (κ3) is 7.36. The highest BCUT2D eigenvalue weighted by Gasteiger charge is 2.32. The number of para-hydroxylation sites is 2. The number of urea groups is 1. The van der Waals surface area contributed by atoms with E-state index >= 15 is 0 Å². The van der Waals surface area contributed by atoms with Gasteiger partial charge in [-0.05, 0) is 24.6 Å². The van der Waals surface area contributed by atoms with Crippen molar-refractivity contribution in [3.63, 3.8) is 0 Å². The van der Waals surface area contributed by atoms with Crippen molar-refractivity contribution in [1.29, 1.82) is 0 Å². The van der Waals surface area contributed by atoms with Crippen molar-refractivity contribution in [2.45, 2.75) is 32.7 Å². The van der Waals surface area contributed by atoms with Gasteiger partial charge in [-0.15, -0.1) is 13.2 Å². The molecule has 0 aliphatic carbocycles. The fourth-order valence-electron chi connectivity index (χ4n) is 2.37. The molecule has 0 bridgehead atoms. The molecule has 2 aromatic rings. The number of alkyl halides is 3. The molecule has 0 aliphatic heterocycles. The smallest absolute Gasteiger partial charge is 0.462 e. The number of unbranched alkanes of at least 4 members (excludes halogenated alkanes) is 1. The number of esters is 1. The lowest BCUT2D eigenvalue weighted by Gasteiger charge is -2.14. The SMILES string of the molecule is CCCCOC(=O)c1ccccc1NC(=O)NCc1ccccc1OC(F)(F)F. The molecule has 6 nitrogen and oxygen atoms in total. The zero-order valence-corrected chi connectivity index (χ0v) is 15.7. The minimum Gasteiger partial charge on any atom is -0.462 e. The van der Waals surface area contributed by atoms with Crippen molar-refractivity contribution in [1.82, 2.24) is 5.32 Å². The second-order valence-electron chi connectivity index (χ2n) is 6.00. The third-order valence-electron chi connectivity index (χ3n) is 3.76. The standard InChI is InChI=1S/C20H21F3N2O4/c1-2-3-12-28-18(26)15-9-5-6-10-16(15)25-19(27)24-13-14-8-4-7-11-17(14)29-20(21,22)23/h4-11H,2-3,12-13H2,1H3,(H2,24,25,27). The Bertz CT molecular complexity index is 840. The van der Waals surface area contributed by atoms with Gasteiger partial charge >= 0.3 is 18.4 Å². The predicted octanol–water partition coefficient (Wildman–Crippen LogP) is 4.86. The summed E-state index contributed by atoms with van der Waals surface area (Å²) in [5, 5.41) is 4.95. The fourth-order valence-corrected chi connectivity index (χ4v) is 2.37. The first kappa shape index (κ1) is 22.1. The first-order chi connectivity index (χ1) is 13.8. The number of anilines is 1. The van der Waals surface area contributed by atoms with Gasteiger partial charge in [0.25, 0.3) is 0 Å². The van der Waals surface area contributed by atoms with Gasteiger partial charge in [-0.2, -0.15) is 0 Å². The zero-order valence-electron chi connectivity index (χ0n) is 15.7. The highest BCUT2D eigenvalue weighted by atomic mass is 19.4. The second kappa shape index (κ2) is 10.4. The van der Waals surface area contributed by atoms with Crippen molar-refractivity contribution < 1.29 is 32.2 Å². The Kier molecular flexibility index (Phi) is 7.88. The molecular weight excluding hydrogens is 389 g/mol. The summed E-state index contributed by atoms with van der Waals surface area (Å²) in [4.78, 5) is 24.3. The van der Waals surface area contributed by atoms with Crippen molar-refractivity contribution in [3.05, 3.63) is 59.7 Å². The predicted molar refractivity (Wildman–Crippen MR) is 101 cm³/mol. The Morgan fingerprint density at radius 1 is 1.03 bits per heavy atom. The molecule has 0 atom stereocenters. The van der Waals surface area contributed by atoms with Crippen LogP contribution in [0.3, 0.4) is 0 Å². The molecule has 2 N–H and O–H groups in total. The van der Waals surface area contributed by atoms with Crippen LogP contribution >= 0.6 is 0 Å². The first-order valence-electron chi connectivity index (χ1n) is 8.95. The van der Waals surface area contributed by atoms with Crippen LogP contribution in [0, 0.1) is 0 Å². The molecule has 29 heavy (non-hydrogen) atoms. The second-order valence-corrected chi connectivity index (χ2v) is 6.00. The van der Waals surface area contributed by atoms with E-state index in [0.717, 1.165) is 18.9 Å². The number of amides is 2. The van der Waals surface area contributed by atoms with Gasteiger partial charge in [0.15, 0.2) is 0 Å². The maximum Gasteiger partial charge on any atom is 0.573 e. The van der Waals surface area contributed by atoms with Crippen LogP contribution in [0.25, 0.3) is 0 Å². The summed E-state index contributed by atoms with van der Waals surface area (Å²) in [6.07, 6.45) is -3.24. The van der Waals surface area contributed by atoms with E-state index in [9.17, 15) is 22.8 Å². The summed E-state index contributed by atoms with van der Waals surface area (Å²) >= 11 is 0. The van der Waals surface area contributed by atoms with Crippen LogP contribution < -0.4 is 15.4 Å². The zero-order chi connectivity index (χ0) is 21.3. The van der Waals surface area contributed by atoms with E-state index in [1.165, 1.54) is 30.3 Å². The van der Waals surface area contributed by atoms with Gasteiger partial charge in [-0.25, -0.2) is 9.59 Å². The van der Waals surface area contributed by atoms with Crippen molar-refractivity contribution in [3.8, 4) is 5.75 Å². The number of hydrogen-bond donors (Lipinski definition) is 2. The average Bonchev–Trinajstić information content (AvgIpc) is 2.66. The molecule has 0 radical (unpaired) electrons. The average molecular weight is 410 g/mol. The van der Waals surface area contributed by atoms with E-state index in [2.05, 4.69) is 15.4 Å². The highest BCUT2D eigenvalue weighted by molar-refractivity contribution is 6.00. The van der Waals surface area contributed by atoms with E-state index in [1.807, 2.05) is 6.92 Å². The molecule has 0 saturated carbocycles. The topological polar surface area (TPSA) is 76.7 Å². The molecule has 0 saturated heterocycles. The van der Waals surface area contributed by atoms with Gasteiger partial charge in [-0.3, -0.25) is 0 Å². The number of halogens is 3. The van der Waals surface area contributed by atoms with Gasteiger partial charge in [-0.1, -0.05) is 43.7 Å². The summed E-state index contributed by atoms with van der Waals surface area (Å²) in [6, 6.07) is 11.1. The number of nitrogens with one attached hydrogen (secondary N) is 2. The van der Waals surface area contributed by atoms with E-state index in [0.29, 0.717) is 0 Å². The fraction of sp³-hybridized carbons (Fsp3) is 0.300. The van der Waals surface area contributed by atoms with Crippen LogP contribution in [0.2, 0.25) is 0 Å². The molecular formula is C20H21F3N2O4. The lowest BCUT2D eigenvalue weighted by molar-refractivity contribution is -0.274. The lowest BCUT2D eigenvalue weighted by Crippen LogP contribution is -2.29. The van der Waals surface area contributed by atoms with Crippen LogP contribution in [-0.4, -0.2) is 25.0 Å². The number of benzene rings is 2. The minimum atomic E-state index is -4.84. The molecule has 0 fully saturated rings. The van der Waals surface area contributed by atoms with Gasteiger partial charge in [0.2, 0.25) is 0 Å². The molecule has 0 unspecified atom stereocenters. The Balaban J connectivity index is 2.00. The Morgan fingerprint density at radius 2 is 1.72 bits per heavy atom. The first-order valence-corrected chi connectivity index (χ1v) is 8.95. The van der Waals surface area contributed by atoms with Crippen molar-refractivity contribution >= 4 is 17.7 Å². The third-order valence-corrected chi connectivity index (χ3v) is 3.76. The van der Waals surface area contributed by atoms with E-state index in [4.69, 9.17) is 4.74 Å². The highest BCUT2D eigenvalue weighted by Crippen LogP contribution is 2.26. The normalized spacial score (nSPS) is 10.9. The summed E-state index contributed by atoms with van der Waals surface area (Å²) < 4.78 is 46.5. The van der Waals surface area contributed by atoms with Crippen LogP contribution in [-0.2, 0) is 11.3 Å². The van der Waals surface area contributed by atoms with Crippen LogP contribution in [0.1, 0.15) is 35.7 Å². The van der Waals surface area contributed by atoms with Crippen molar-refractivity contribution in [2.24, 2.45) is 0 Å². The number of carbonyl (C=O) groups is 2. The van der Waals surface area contributed by atoms with Gasteiger partial charge in [0.05, 0.1) is 17.9 Å². The number of hydrogen-bond acceptors (Lipinski definition) is 4. The molecule has 0 spiro atoms. The molecule has 0 aromatic heterocycles. The Morgan fingerprint density at radius 3 is 2.45 bits per heavy atom. The lowest BCUT2D eigenvalue weighted by atomic mass is 10.2. The van der Waals surface area contributed by atoms with Gasteiger partial charge < -0.3 is 20.1 Å². The van der Waals surface area contributed by atoms with Crippen LogP contribution in [0.5, 0.6) is 5.75 Å². The Hall–Kier alpha value is -3.23. The van der Waals surface area contributed by atoms with Gasteiger partial charge in [0, 0.05) is 12.1 Å². The quantitative estimate of drug-likeness (QED) is 0.481. The summed E-state index contributed by atoms with van der Waals surface area (Å²) in [5.74, 6) is -0.974. The number of carbonyl (C=O) groups excluding carboxylic acids is 2. The summed E-state index contributed by atoms with van der Waals surface area (Å²) in [6.45, 7) is 2.03. The Labute approximate surface area is 166 Å². The maximum absolute atomic E-state index is 12.5. The maximum atomic E-state index is 12.5. The monoisotopic (exact) mass is 410 g/mol. The van der Waals surface area contributed by atoms with Gasteiger partial charge in [0.1, 0.15) is 5.75 Å². The molecule has 156 valence electrons. The number of ether oxygens (including phenoxy) is 2. The molecule has 0 aliphatic rings. The van der Waals surface area contributed by atoms with Crippen molar-refractivity contribution in [2.75, 3.05) is 11.9 Å². The minimum absolute atomic E-state index is 0.146. The molecule has 2 aromatic carbocycles. The van der Waals surface area contributed by atoms with Crippen LogP contribution in [0.15, 0.2) is 48.5 Å². The molecule has 0 heterocycles. The summed E-state index contributed by atoms with van der Waals surface area (Å²) in [7, 11) is 0.